The van der Waals surface area contributed by atoms with Gasteiger partial charge in [0.15, 0.2) is 0 Å². The lowest BCUT2D eigenvalue weighted by Gasteiger charge is -2.30. The lowest BCUT2D eigenvalue weighted by atomic mass is 10.0. The van der Waals surface area contributed by atoms with Crippen LogP contribution in [0.25, 0.3) is 10.9 Å². The quantitative estimate of drug-likeness (QED) is 0.930. The largest absolute Gasteiger partial charge is 0.481 e. The molecule has 1 atom stereocenters. The highest BCUT2D eigenvalue weighted by molar-refractivity contribution is 7.89. The molecule has 1 aromatic heterocycles. The Bertz CT molecular complexity index is 814. The summed E-state index contributed by atoms with van der Waals surface area (Å²) < 4.78 is 27.0. The second-order valence-corrected chi connectivity index (χ2v) is 7.28. The molecule has 2 heterocycles. The Morgan fingerprint density at radius 1 is 1.27 bits per heavy atom. The second-order valence-electron chi connectivity index (χ2n) is 5.37. The van der Waals surface area contributed by atoms with Crippen LogP contribution in [0.5, 0.6) is 0 Å². The summed E-state index contributed by atoms with van der Waals surface area (Å²) in [5.41, 5.74) is 0.419. The molecule has 1 fully saturated rings. The zero-order chi connectivity index (χ0) is 15.7. The summed E-state index contributed by atoms with van der Waals surface area (Å²) in [7, 11) is -3.75. The minimum atomic E-state index is -3.75. The Morgan fingerprint density at radius 2 is 2.05 bits per heavy atom. The van der Waals surface area contributed by atoms with Crippen LogP contribution < -0.4 is 0 Å². The zero-order valence-corrected chi connectivity index (χ0v) is 12.7. The maximum Gasteiger partial charge on any atom is 0.307 e. The summed E-state index contributed by atoms with van der Waals surface area (Å²) in [4.78, 5) is 15.5. The molecule has 0 aliphatic carbocycles. The van der Waals surface area contributed by atoms with Crippen LogP contribution >= 0.6 is 0 Å². The van der Waals surface area contributed by atoms with Gasteiger partial charge in [0.25, 0.3) is 0 Å². The van der Waals surface area contributed by atoms with Crippen LogP contribution in [0, 0.1) is 5.92 Å². The van der Waals surface area contributed by atoms with E-state index in [-0.39, 0.29) is 11.4 Å². The SMILES string of the molecule is O=C(O)[C@@H]1CCCN(S(=O)(=O)c2cccc3cccnc23)C1. The zero-order valence-electron chi connectivity index (χ0n) is 11.8. The molecular weight excluding hydrogens is 304 g/mol. The van der Waals surface area contributed by atoms with E-state index < -0.39 is 21.9 Å². The molecule has 0 bridgehead atoms. The van der Waals surface area contributed by atoms with Gasteiger partial charge in [0.2, 0.25) is 10.0 Å². The van der Waals surface area contributed by atoms with Crippen molar-refractivity contribution in [3.63, 3.8) is 0 Å². The smallest absolute Gasteiger partial charge is 0.307 e. The molecular formula is C15H16N2O4S. The first-order valence-electron chi connectivity index (χ1n) is 7.07. The van der Waals surface area contributed by atoms with E-state index in [1.165, 1.54) is 10.4 Å². The number of piperidine rings is 1. The number of hydrogen-bond acceptors (Lipinski definition) is 4. The summed E-state index contributed by atoms with van der Waals surface area (Å²) in [6.07, 6.45) is 2.61. The van der Waals surface area contributed by atoms with Crippen molar-refractivity contribution in [2.75, 3.05) is 13.1 Å². The highest BCUT2D eigenvalue weighted by atomic mass is 32.2. The van der Waals surface area contributed by atoms with Crippen molar-refractivity contribution in [1.82, 2.24) is 9.29 Å². The summed E-state index contributed by atoms with van der Waals surface area (Å²) in [6.45, 7) is 0.357. The monoisotopic (exact) mass is 320 g/mol. The third-order valence-corrected chi connectivity index (χ3v) is 5.84. The van der Waals surface area contributed by atoms with Gasteiger partial charge >= 0.3 is 5.97 Å². The van der Waals surface area contributed by atoms with Gasteiger partial charge in [-0.2, -0.15) is 4.31 Å². The fourth-order valence-electron chi connectivity index (χ4n) is 2.79. The van der Waals surface area contributed by atoms with Gasteiger partial charge in [0, 0.05) is 24.7 Å². The third kappa shape index (κ3) is 2.57. The fourth-order valence-corrected chi connectivity index (χ4v) is 4.48. The van der Waals surface area contributed by atoms with E-state index in [4.69, 9.17) is 5.11 Å². The summed E-state index contributed by atoms with van der Waals surface area (Å²) >= 11 is 0. The molecule has 22 heavy (non-hydrogen) atoms. The van der Waals surface area contributed by atoms with Gasteiger partial charge in [0.05, 0.1) is 11.4 Å². The van der Waals surface area contributed by atoms with Crippen LogP contribution in [0.4, 0.5) is 0 Å². The summed E-state index contributed by atoms with van der Waals surface area (Å²) in [5, 5.41) is 9.88. The third-order valence-electron chi connectivity index (χ3n) is 3.95. The number of hydrogen-bond donors (Lipinski definition) is 1. The molecule has 1 aromatic carbocycles. The predicted molar refractivity (Wildman–Crippen MR) is 80.9 cm³/mol. The molecule has 1 saturated heterocycles. The molecule has 1 N–H and O–H groups in total. The fraction of sp³-hybridized carbons (Fsp3) is 0.333. The van der Waals surface area contributed by atoms with Crippen molar-refractivity contribution in [3.8, 4) is 0 Å². The van der Waals surface area contributed by atoms with Gasteiger partial charge < -0.3 is 5.11 Å². The highest BCUT2D eigenvalue weighted by Gasteiger charge is 2.34. The van der Waals surface area contributed by atoms with Crippen LogP contribution in [0.2, 0.25) is 0 Å². The number of aromatic nitrogens is 1. The number of aliphatic carboxylic acids is 1. The average Bonchev–Trinajstić information content (AvgIpc) is 2.54. The van der Waals surface area contributed by atoms with Crippen LogP contribution in [-0.4, -0.2) is 41.9 Å². The van der Waals surface area contributed by atoms with Crippen molar-refractivity contribution in [2.24, 2.45) is 5.92 Å². The Kier molecular flexibility index (Phi) is 3.84. The number of pyridine rings is 1. The van der Waals surface area contributed by atoms with E-state index in [1.54, 1.807) is 30.5 Å². The van der Waals surface area contributed by atoms with Crippen LogP contribution in [0.1, 0.15) is 12.8 Å². The maximum absolute atomic E-state index is 12.9. The minimum absolute atomic E-state index is 0.0148. The topological polar surface area (TPSA) is 87.6 Å². The van der Waals surface area contributed by atoms with Crippen molar-refractivity contribution in [1.29, 1.82) is 0 Å². The van der Waals surface area contributed by atoms with Gasteiger partial charge in [-0.15, -0.1) is 0 Å². The van der Waals surface area contributed by atoms with E-state index >= 15 is 0 Å². The number of carboxylic acids is 1. The van der Waals surface area contributed by atoms with Gasteiger partial charge in [-0.3, -0.25) is 9.78 Å². The first-order valence-corrected chi connectivity index (χ1v) is 8.51. The van der Waals surface area contributed by atoms with Crippen LogP contribution in [0.3, 0.4) is 0 Å². The molecule has 1 aliphatic rings. The molecule has 0 saturated carbocycles. The van der Waals surface area contributed by atoms with Gasteiger partial charge in [-0.1, -0.05) is 18.2 Å². The number of benzene rings is 1. The number of sulfonamides is 1. The number of para-hydroxylation sites is 1. The molecule has 6 nitrogen and oxygen atoms in total. The summed E-state index contributed by atoms with van der Waals surface area (Å²) in [6, 6.07) is 8.56. The van der Waals surface area contributed by atoms with Gasteiger partial charge in [-0.25, -0.2) is 8.42 Å². The summed E-state index contributed by atoms with van der Waals surface area (Å²) in [5.74, 6) is -1.59. The van der Waals surface area contributed by atoms with E-state index in [0.717, 1.165) is 5.39 Å². The molecule has 0 spiro atoms. The van der Waals surface area contributed by atoms with E-state index in [2.05, 4.69) is 4.98 Å². The molecule has 2 aromatic rings. The molecule has 1 aliphatic heterocycles. The molecule has 0 amide bonds. The van der Waals surface area contributed by atoms with Crippen molar-refractivity contribution >= 4 is 26.9 Å². The number of nitrogens with zero attached hydrogens (tertiary/aromatic N) is 2. The first-order chi connectivity index (χ1) is 10.5. The average molecular weight is 320 g/mol. The molecule has 0 unspecified atom stereocenters. The molecule has 7 heteroatoms. The van der Waals surface area contributed by atoms with E-state index in [9.17, 15) is 13.2 Å². The highest BCUT2D eigenvalue weighted by Crippen LogP contribution is 2.27. The number of carboxylic acid groups (broad SMARTS) is 1. The number of rotatable bonds is 3. The Morgan fingerprint density at radius 3 is 2.82 bits per heavy atom. The predicted octanol–water partition coefficient (Wildman–Crippen LogP) is 1.72. The second kappa shape index (κ2) is 5.66. The number of carbonyl (C=O) groups is 1. The van der Waals surface area contributed by atoms with Gasteiger partial charge in [0.1, 0.15) is 4.90 Å². The standard InChI is InChI=1S/C15H16N2O4S/c18-15(19)12-6-3-9-17(10-12)22(20,21)13-7-1-4-11-5-2-8-16-14(11)13/h1-2,4-5,7-8,12H,3,6,9-10H2,(H,18,19)/t12-/m1/s1. The van der Waals surface area contributed by atoms with Crippen molar-refractivity contribution in [2.45, 2.75) is 17.7 Å². The number of fused-ring (bicyclic) bond motifs is 1. The Labute approximate surface area is 128 Å². The van der Waals surface area contributed by atoms with Crippen molar-refractivity contribution < 1.29 is 18.3 Å². The lowest BCUT2D eigenvalue weighted by molar-refractivity contribution is -0.142. The minimum Gasteiger partial charge on any atom is -0.481 e. The maximum atomic E-state index is 12.9. The first kappa shape index (κ1) is 14.9. The van der Waals surface area contributed by atoms with E-state index in [1.807, 2.05) is 0 Å². The molecule has 0 radical (unpaired) electrons. The lowest BCUT2D eigenvalue weighted by Crippen LogP contribution is -2.42. The van der Waals surface area contributed by atoms with E-state index in [0.29, 0.717) is 24.9 Å². The molecule has 3 rings (SSSR count). The molecule has 116 valence electrons. The van der Waals surface area contributed by atoms with Gasteiger partial charge in [-0.05, 0) is 25.0 Å². The van der Waals surface area contributed by atoms with Crippen LogP contribution in [0.15, 0.2) is 41.4 Å². The van der Waals surface area contributed by atoms with Crippen molar-refractivity contribution in [3.05, 3.63) is 36.5 Å². The Balaban J connectivity index is 2.03. The normalized spacial score (nSPS) is 20.1. The Hall–Kier alpha value is -1.99. The van der Waals surface area contributed by atoms with Crippen LogP contribution in [-0.2, 0) is 14.8 Å².